The van der Waals surface area contributed by atoms with Crippen molar-refractivity contribution in [1.82, 2.24) is 4.98 Å². The molecule has 2 aromatic rings. The molecule has 1 atom stereocenters. The summed E-state index contributed by atoms with van der Waals surface area (Å²) in [4.78, 5) is 7.61. The molecular formula is C14H17ClN4OS. The van der Waals surface area contributed by atoms with E-state index in [2.05, 4.69) is 28.5 Å². The SMILES string of the molecule is CC(Cc1cccs1)N(C)c1nccc(/C(N)=N/O)c1Cl. The average Bonchev–Trinajstić information content (AvgIpc) is 2.99. The van der Waals surface area contributed by atoms with E-state index >= 15 is 0 Å². The van der Waals surface area contributed by atoms with Crippen LogP contribution in [0.2, 0.25) is 5.02 Å². The number of anilines is 1. The Labute approximate surface area is 132 Å². The van der Waals surface area contributed by atoms with Gasteiger partial charge in [0.1, 0.15) is 5.82 Å². The minimum atomic E-state index is -0.0250. The lowest BCUT2D eigenvalue weighted by molar-refractivity contribution is 0.318. The van der Waals surface area contributed by atoms with Crippen LogP contribution in [0.15, 0.2) is 34.9 Å². The first kappa shape index (κ1) is 15.6. The van der Waals surface area contributed by atoms with Gasteiger partial charge < -0.3 is 15.8 Å². The number of oxime groups is 1. The highest BCUT2D eigenvalue weighted by Gasteiger charge is 2.18. The maximum absolute atomic E-state index is 8.79. The predicted octanol–water partition coefficient (Wildman–Crippen LogP) is 2.96. The van der Waals surface area contributed by atoms with Crippen LogP contribution in [0.3, 0.4) is 0 Å². The van der Waals surface area contributed by atoms with Crippen molar-refractivity contribution < 1.29 is 5.21 Å². The fourth-order valence-electron chi connectivity index (χ4n) is 2.00. The first-order chi connectivity index (χ1) is 10.0. The van der Waals surface area contributed by atoms with Crippen LogP contribution in [0.1, 0.15) is 17.4 Å². The van der Waals surface area contributed by atoms with Crippen LogP contribution in [0.5, 0.6) is 0 Å². The number of halogens is 1. The standard InChI is InChI=1S/C14H17ClN4OS/c1-9(8-10-4-3-7-21-10)19(2)14-12(15)11(5-6-17-14)13(16)18-20/h3-7,9,20H,8H2,1-2H3,(H2,16,18). The molecular weight excluding hydrogens is 308 g/mol. The third-order valence-electron chi connectivity index (χ3n) is 3.33. The number of nitrogens with two attached hydrogens (primary N) is 1. The van der Waals surface area contributed by atoms with Crippen LogP contribution < -0.4 is 10.6 Å². The maximum atomic E-state index is 8.79. The zero-order chi connectivity index (χ0) is 15.4. The van der Waals surface area contributed by atoms with Gasteiger partial charge in [-0.05, 0) is 24.4 Å². The highest BCUT2D eigenvalue weighted by molar-refractivity contribution is 7.09. The van der Waals surface area contributed by atoms with Gasteiger partial charge in [-0.3, -0.25) is 0 Å². The van der Waals surface area contributed by atoms with Crippen molar-refractivity contribution >= 4 is 34.6 Å². The molecule has 112 valence electrons. The zero-order valence-electron chi connectivity index (χ0n) is 11.8. The number of hydrogen-bond acceptors (Lipinski definition) is 5. The van der Waals surface area contributed by atoms with Gasteiger partial charge in [0.25, 0.3) is 0 Å². The number of rotatable bonds is 5. The van der Waals surface area contributed by atoms with E-state index in [9.17, 15) is 0 Å². The molecule has 2 aromatic heterocycles. The summed E-state index contributed by atoms with van der Waals surface area (Å²) >= 11 is 8.06. The van der Waals surface area contributed by atoms with E-state index in [0.29, 0.717) is 16.4 Å². The van der Waals surface area contributed by atoms with Crippen LogP contribution in [0.4, 0.5) is 5.82 Å². The second-order valence-electron chi connectivity index (χ2n) is 4.72. The Morgan fingerprint density at radius 3 is 2.95 bits per heavy atom. The summed E-state index contributed by atoms with van der Waals surface area (Å²) < 4.78 is 0. The molecule has 0 saturated heterocycles. The molecule has 3 N–H and O–H groups in total. The van der Waals surface area contributed by atoms with Crippen molar-refractivity contribution in [3.63, 3.8) is 0 Å². The van der Waals surface area contributed by atoms with Crippen molar-refractivity contribution in [3.8, 4) is 0 Å². The van der Waals surface area contributed by atoms with E-state index in [1.165, 1.54) is 4.88 Å². The maximum Gasteiger partial charge on any atom is 0.171 e. The Morgan fingerprint density at radius 2 is 2.33 bits per heavy atom. The van der Waals surface area contributed by atoms with E-state index in [1.54, 1.807) is 23.6 Å². The van der Waals surface area contributed by atoms with Crippen molar-refractivity contribution in [2.24, 2.45) is 10.9 Å². The molecule has 21 heavy (non-hydrogen) atoms. The normalized spacial score (nSPS) is 13.2. The summed E-state index contributed by atoms with van der Waals surface area (Å²) in [5.74, 6) is 0.591. The number of hydrogen-bond donors (Lipinski definition) is 2. The van der Waals surface area contributed by atoms with E-state index in [0.717, 1.165) is 6.42 Å². The van der Waals surface area contributed by atoms with Crippen LogP contribution in [-0.2, 0) is 6.42 Å². The molecule has 0 spiro atoms. The summed E-state index contributed by atoms with van der Waals surface area (Å²) in [6.45, 7) is 2.11. The summed E-state index contributed by atoms with van der Waals surface area (Å²) in [5, 5.41) is 14.2. The third-order valence-corrected chi connectivity index (χ3v) is 4.60. The number of thiophene rings is 1. The zero-order valence-corrected chi connectivity index (χ0v) is 13.4. The van der Waals surface area contributed by atoms with E-state index in [1.807, 2.05) is 18.0 Å². The molecule has 0 aliphatic carbocycles. The summed E-state index contributed by atoms with van der Waals surface area (Å²) in [5.41, 5.74) is 6.09. The fraction of sp³-hybridized carbons (Fsp3) is 0.286. The first-order valence-electron chi connectivity index (χ1n) is 6.42. The monoisotopic (exact) mass is 324 g/mol. The lowest BCUT2D eigenvalue weighted by Gasteiger charge is -2.27. The molecule has 0 bridgehead atoms. The highest BCUT2D eigenvalue weighted by Crippen LogP contribution is 2.28. The summed E-state index contributed by atoms with van der Waals surface area (Å²) in [6.07, 6.45) is 2.50. The Morgan fingerprint density at radius 1 is 1.57 bits per heavy atom. The van der Waals surface area contributed by atoms with Crippen molar-refractivity contribution in [2.45, 2.75) is 19.4 Å². The molecule has 2 heterocycles. The van der Waals surface area contributed by atoms with Crippen molar-refractivity contribution in [1.29, 1.82) is 0 Å². The molecule has 7 heteroatoms. The van der Waals surface area contributed by atoms with Gasteiger partial charge in [0.2, 0.25) is 0 Å². The summed E-state index contributed by atoms with van der Waals surface area (Å²) in [7, 11) is 1.93. The first-order valence-corrected chi connectivity index (χ1v) is 7.68. The van der Waals surface area contributed by atoms with Crippen LogP contribution >= 0.6 is 22.9 Å². The molecule has 0 radical (unpaired) electrons. The second kappa shape index (κ2) is 6.78. The Balaban J connectivity index is 2.24. The van der Waals surface area contributed by atoms with E-state index in [-0.39, 0.29) is 11.9 Å². The van der Waals surface area contributed by atoms with Crippen molar-refractivity contribution in [3.05, 3.63) is 45.2 Å². The van der Waals surface area contributed by atoms with Gasteiger partial charge in [-0.25, -0.2) is 4.98 Å². The molecule has 0 amide bonds. The van der Waals surface area contributed by atoms with Crippen LogP contribution in [0.25, 0.3) is 0 Å². The van der Waals surface area contributed by atoms with Gasteiger partial charge in [-0.2, -0.15) is 0 Å². The number of amidine groups is 1. The molecule has 0 saturated carbocycles. The van der Waals surface area contributed by atoms with Crippen molar-refractivity contribution in [2.75, 3.05) is 11.9 Å². The average molecular weight is 325 g/mol. The molecule has 1 unspecified atom stereocenters. The van der Waals surface area contributed by atoms with Gasteiger partial charge in [-0.1, -0.05) is 22.8 Å². The smallest absolute Gasteiger partial charge is 0.171 e. The Bertz CT molecular complexity index is 630. The third kappa shape index (κ3) is 3.46. The lowest BCUT2D eigenvalue weighted by Crippen LogP contribution is -2.32. The number of pyridine rings is 1. The minimum absolute atomic E-state index is 0.0250. The van der Waals surface area contributed by atoms with Gasteiger partial charge in [0.15, 0.2) is 5.84 Å². The van der Waals surface area contributed by atoms with E-state index in [4.69, 9.17) is 22.5 Å². The van der Waals surface area contributed by atoms with Gasteiger partial charge in [-0.15, -0.1) is 11.3 Å². The van der Waals surface area contributed by atoms with Crippen LogP contribution in [0, 0.1) is 0 Å². The molecule has 0 aromatic carbocycles. The molecule has 5 nitrogen and oxygen atoms in total. The number of aromatic nitrogens is 1. The highest BCUT2D eigenvalue weighted by atomic mass is 35.5. The molecule has 0 aliphatic rings. The van der Waals surface area contributed by atoms with E-state index < -0.39 is 0 Å². The van der Waals surface area contributed by atoms with Gasteiger partial charge >= 0.3 is 0 Å². The quantitative estimate of drug-likeness (QED) is 0.384. The second-order valence-corrected chi connectivity index (χ2v) is 6.13. The lowest BCUT2D eigenvalue weighted by atomic mass is 10.1. The number of likely N-dealkylation sites (N-methyl/N-ethyl adjacent to an activating group) is 1. The largest absolute Gasteiger partial charge is 0.409 e. The molecule has 0 fully saturated rings. The minimum Gasteiger partial charge on any atom is -0.409 e. The Hall–Kier alpha value is -1.79. The van der Waals surface area contributed by atoms with Gasteiger partial charge in [0.05, 0.1) is 5.02 Å². The molecule has 2 rings (SSSR count). The van der Waals surface area contributed by atoms with Crippen LogP contribution in [-0.4, -0.2) is 29.1 Å². The fourth-order valence-corrected chi connectivity index (χ4v) is 3.16. The Kier molecular flexibility index (Phi) is 5.03. The van der Waals surface area contributed by atoms with Gasteiger partial charge in [0, 0.05) is 36.1 Å². The number of nitrogens with zero attached hydrogens (tertiary/aromatic N) is 3. The summed E-state index contributed by atoms with van der Waals surface area (Å²) in [6, 6.07) is 5.99. The predicted molar refractivity (Wildman–Crippen MR) is 87.6 cm³/mol. The molecule has 0 aliphatic heterocycles. The topological polar surface area (TPSA) is 74.7 Å².